The molecule has 0 bridgehead atoms. The summed E-state index contributed by atoms with van der Waals surface area (Å²) in [5, 5.41) is 4.78. The van der Waals surface area contributed by atoms with E-state index >= 15 is 0 Å². The Kier molecular flexibility index (Phi) is 5.00. The van der Waals surface area contributed by atoms with E-state index in [1.54, 1.807) is 12.1 Å². The van der Waals surface area contributed by atoms with Crippen molar-refractivity contribution in [3.05, 3.63) is 65.0 Å². The van der Waals surface area contributed by atoms with Gasteiger partial charge in [0.25, 0.3) is 5.91 Å². The molecule has 2 rings (SSSR count). The molecule has 0 saturated heterocycles. The zero-order valence-electron chi connectivity index (χ0n) is 12.1. The highest BCUT2D eigenvalue weighted by molar-refractivity contribution is 6.04. The summed E-state index contributed by atoms with van der Waals surface area (Å²) >= 11 is 0. The molecule has 0 aliphatic carbocycles. The molecule has 0 aliphatic rings. The fourth-order valence-electron chi connectivity index (χ4n) is 1.82. The van der Waals surface area contributed by atoms with Crippen LogP contribution in [0.1, 0.15) is 22.8 Å². The SMILES string of the molecule is CC(=O)NCc1ccc(C(=O)Nc2ccc(F)c(F)c2F)cc1. The normalized spacial score (nSPS) is 10.3. The number of carbonyl (C=O) groups excluding carboxylic acids is 2. The number of halogens is 3. The van der Waals surface area contributed by atoms with Crippen LogP contribution in [0.5, 0.6) is 0 Å². The molecule has 2 amide bonds. The molecular weight excluding hydrogens is 309 g/mol. The monoisotopic (exact) mass is 322 g/mol. The molecule has 4 nitrogen and oxygen atoms in total. The predicted octanol–water partition coefficient (Wildman–Crippen LogP) is 2.99. The van der Waals surface area contributed by atoms with Crippen LogP contribution in [0.25, 0.3) is 0 Å². The molecule has 0 heterocycles. The van der Waals surface area contributed by atoms with Crippen molar-refractivity contribution >= 4 is 17.5 Å². The Morgan fingerprint density at radius 3 is 2.22 bits per heavy atom. The quantitative estimate of drug-likeness (QED) is 0.850. The molecule has 0 saturated carbocycles. The molecule has 0 fully saturated rings. The third-order valence-corrected chi connectivity index (χ3v) is 3.04. The van der Waals surface area contributed by atoms with Gasteiger partial charge in [-0.2, -0.15) is 0 Å². The van der Waals surface area contributed by atoms with Crippen molar-refractivity contribution < 1.29 is 22.8 Å². The Morgan fingerprint density at radius 2 is 1.61 bits per heavy atom. The van der Waals surface area contributed by atoms with Gasteiger partial charge in [0.05, 0.1) is 5.69 Å². The van der Waals surface area contributed by atoms with E-state index in [9.17, 15) is 22.8 Å². The Balaban J connectivity index is 2.09. The average molecular weight is 322 g/mol. The second-order valence-corrected chi connectivity index (χ2v) is 4.78. The first kappa shape index (κ1) is 16.5. The standard InChI is InChI=1S/C16H13F3N2O2/c1-9(22)20-8-10-2-4-11(5-3-10)16(23)21-13-7-6-12(17)14(18)15(13)19/h2-7H,8H2,1H3,(H,20,22)(H,21,23). The summed E-state index contributed by atoms with van der Waals surface area (Å²) in [6, 6.07) is 7.86. The maximum atomic E-state index is 13.5. The zero-order valence-corrected chi connectivity index (χ0v) is 12.1. The topological polar surface area (TPSA) is 58.2 Å². The van der Waals surface area contributed by atoms with Gasteiger partial charge in [0.1, 0.15) is 0 Å². The summed E-state index contributed by atoms with van der Waals surface area (Å²) in [5.74, 6) is -5.28. The predicted molar refractivity (Wildman–Crippen MR) is 78.2 cm³/mol. The Hall–Kier alpha value is -2.83. The first-order valence-corrected chi connectivity index (χ1v) is 6.66. The van der Waals surface area contributed by atoms with Crippen molar-refractivity contribution in [1.29, 1.82) is 0 Å². The van der Waals surface area contributed by atoms with Gasteiger partial charge in [-0.25, -0.2) is 13.2 Å². The highest BCUT2D eigenvalue weighted by Gasteiger charge is 2.15. The Labute approximate surface area is 130 Å². The third kappa shape index (κ3) is 4.09. The fourth-order valence-corrected chi connectivity index (χ4v) is 1.82. The smallest absolute Gasteiger partial charge is 0.255 e. The third-order valence-electron chi connectivity index (χ3n) is 3.04. The molecule has 7 heteroatoms. The van der Waals surface area contributed by atoms with Crippen molar-refractivity contribution in [3.8, 4) is 0 Å². The summed E-state index contributed by atoms with van der Waals surface area (Å²) in [6.45, 7) is 1.70. The number of benzene rings is 2. The summed E-state index contributed by atoms with van der Waals surface area (Å²) < 4.78 is 39.5. The summed E-state index contributed by atoms with van der Waals surface area (Å²) in [5.41, 5.74) is 0.535. The van der Waals surface area contributed by atoms with Crippen LogP contribution < -0.4 is 10.6 Å². The molecule has 0 radical (unpaired) electrons. The van der Waals surface area contributed by atoms with Gasteiger partial charge in [0, 0.05) is 19.0 Å². The second-order valence-electron chi connectivity index (χ2n) is 4.78. The summed E-state index contributed by atoms with van der Waals surface area (Å²) in [4.78, 5) is 22.8. The summed E-state index contributed by atoms with van der Waals surface area (Å²) in [7, 11) is 0. The molecule has 0 atom stereocenters. The highest BCUT2D eigenvalue weighted by atomic mass is 19.2. The van der Waals surface area contributed by atoms with E-state index in [4.69, 9.17) is 0 Å². The van der Waals surface area contributed by atoms with Crippen LogP contribution in [0.3, 0.4) is 0 Å². The van der Waals surface area contributed by atoms with Crippen LogP contribution in [0, 0.1) is 17.5 Å². The molecule has 0 spiro atoms. The molecule has 2 N–H and O–H groups in total. The van der Waals surface area contributed by atoms with Crippen LogP contribution in [0.2, 0.25) is 0 Å². The van der Waals surface area contributed by atoms with E-state index in [-0.39, 0.29) is 11.5 Å². The van der Waals surface area contributed by atoms with Crippen LogP contribution in [0.4, 0.5) is 18.9 Å². The van der Waals surface area contributed by atoms with Gasteiger partial charge in [0.15, 0.2) is 17.5 Å². The molecule has 0 aliphatic heterocycles. The molecule has 2 aromatic rings. The maximum Gasteiger partial charge on any atom is 0.255 e. The molecule has 23 heavy (non-hydrogen) atoms. The maximum absolute atomic E-state index is 13.5. The van der Waals surface area contributed by atoms with E-state index in [1.807, 2.05) is 0 Å². The van der Waals surface area contributed by atoms with E-state index < -0.39 is 29.0 Å². The van der Waals surface area contributed by atoms with Crippen molar-refractivity contribution in [1.82, 2.24) is 5.32 Å². The largest absolute Gasteiger partial charge is 0.352 e. The Bertz CT molecular complexity index is 746. The zero-order chi connectivity index (χ0) is 17.0. The molecular formula is C16H13F3N2O2. The lowest BCUT2D eigenvalue weighted by atomic mass is 10.1. The van der Waals surface area contributed by atoms with Crippen LogP contribution in [-0.2, 0) is 11.3 Å². The number of rotatable bonds is 4. The fraction of sp³-hybridized carbons (Fsp3) is 0.125. The molecule has 120 valence electrons. The highest BCUT2D eigenvalue weighted by Crippen LogP contribution is 2.20. The Morgan fingerprint density at radius 1 is 0.957 bits per heavy atom. The number of nitrogens with one attached hydrogen (secondary N) is 2. The van der Waals surface area contributed by atoms with E-state index in [0.29, 0.717) is 6.54 Å². The van der Waals surface area contributed by atoms with Crippen molar-refractivity contribution in [3.63, 3.8) is 0 Å². The minimum atomic E-state index is -1.64. The molecule has 0 unspecified atom stereocenters. The van der Waals surface area contributed by atoms with Gasteiger partial charge in [-0.15, -0.1) is 0 Å². The first-order chi connectivity index (χ1) is 10.9. The lowest BCUT2D eigenvalue weighted by molar-refractivity contribution is -0.119. The average Bonchev–Trinajstić information content (AvgIpc) is 2.54. The van der Waals surface area contributed by atoms with Gasteiger partial charge in [0.2, 0.25) is 5.91 Å². The number of anilines is 1. The van der Waals surface area contributed by atoms with Crippen LogP contribution in [-0.4, -0.2) is 11.8 Å². The first-order valence-electron chi connectivity index (χ1n) is 6.66. The van der Waals surface area contributed by atoms with Gasteiger partial charge >= 0.3 is 0 Å². The van der Waals surface area contributed by atoms with E-state index in [2.05, 4.69) is 10.6 Å². The lowest BCUT2D eigenvalue weighted by Gasteiger charge is -2.08. The number of carbonyl (C=O) groups is 2. The van der Waals surface area contributed by atoms with Crippen molar-refractivity contribution in [2.75, 3.05) is 5.32 Å². The number of amides is 2. The van der Waals surface area contributed by atoms with Gasteiger partial charge < -0.3 is 10.6 Å². The lowest BCUT2D eigenvalue weighted by Crippen LogP contribution is -2.19. The van der Waals surface area contributed by atoms with Crippen molar-refractivity contribution in [2.45, 2.75) is 13.5 Å². The van der Waals surface area contributed by atoms with Crippen LogP contribution >= 0.6 is 0 Å². The number of hydrogen-bond acceptors (Lipinski definition) is 2. The van der Waals surface area contributed by atoms with E-state index in [0.717, 1.165) is 17.7 Å². The van der Waals surface area contributed by atoms with Gasteiger partial charge in [-0.05, 0) is 29.8 Å². The second kappa shape index (κ2) is 6.95. The summed E-state index contributed by atoms with van der Waals surface area (Å²) in [6.07, 6.45) is 0. The minimum Gasteiger partial charge on any atom is -0.352 e. The van der Waals surface area contributed by atoms with Gasteiger partial charge in [-0.1, -0.05) is 12.1 Å². The number of hydrogen-bond donors (Lipinski definition) is 2. The molecule has 2 aromatic carbocycles. The van der Waals surface area contributed by atoms with Crippen molar-refractivity contribution in [2.24, 2.45) is 0 Å². The van der Waals surface area contributed by atoms with E-state index in [1.165, 1.54) is 19.1 Å². The molecule has 0 aromatic heterocycles. The van der Waals surface area contributed by atoms with Gasteiger partial charge in [-0.3, -0.25) is 9.59 Å². The minimum absolute atomic E-state index is 0.180. The van der Waals surface area contributed by atoms with Crippen LogP contribution in [0.15, 0.2) is 36.4 Å².